The van der Waals surface area contributed by atoms with Gasteiger partial charge < -0.3 is 25.4 Å². The maximum Gasteiger partial charge on any atom is 0.408 e. The molecule has 0 radical (unpaired) electrons. The Labute approximate surface area is 235 Å². The number of thiol groups is 1. The number of carbonyl (C=O) groups excluding carboxylic acids is 3. The molecule has 39 heavy (non-hydrogen) atoms. The van der Waals surface area contributed by atoms with E-state index in [4.69, 9.17) is 4.74 Å². The third-order valence-corrected chi connectivity index (χ3v) is 6.23. The second-order valence-corrected chi connectivity index (χ2v) is 11.7. The first kappa shape index (κ1) is 29.8. The lowest BCUT2D eigenvalue weighted by Gasteiger charge is -2.43. The molecule has 3 aromatic rings. The maximum absolute atomic E-state index is 14.0. The highest BCUT2D eigenvalue weighted by atomic mass is 32.1. The Morgan fingerprint density at radius 1 is 0.923 bits per heavy atom. The minimum Gasteiger partial charge on any atom is -0.508 e. The molecule has 9 heteroatoms. The van der Waals surface area contributed by atoms with Gasteiger partial charge in [-0.05, 0) is 82.1 Å². The predicted molar refractivity (Wildman–Crippen MR) is 157 cm³/mol. The molecule has 8 nitrogen and oxygen atoms in total. The number of rotatable bonds is 7. The highest BCUT2D eigenvalue weighted by Gasteiger charge is 2.41. The first-order valence-electron chi connectivity index (χ1n) is 12.7. The topological polar surface area (TPSA) is 108 Å². The van der Waals surface area contributed by atoms with Crippen molar-refractivity contribution in [2.45, 2.75) is 64.8 Å². The minimum absolute atomic E-state index is 0.0146. The zero-order valence-electron chi connectivity index (χ0n) is 23.2. The van der Waals surface area contributed by atoms with Gasteiger partial charge >= 0.3 is 6.09 Å². The van der Waals surface area contributed by atoms with Crippen LogP contribution >= 0.6 is 12.6 Å². The molecule has 3 aromatic carbocycles. The third-order valence-electron chi connectivity index (χ3n) is 5.86. The second kappa shape index (κ2) is 12.0. The zero-order valence-corrected chi connectivity index (χ0v) is 24.1. The van der Waals surface area contributed by atoms with Crippen molar-refractivity contribution in [3.05, 3.63) is 72.3 Å². The van der Waals surface area contributed by atoms with Crippen molar-refractivity contribution in [1.82, 2.24) is 10.2 Å². The first-order chi connectivity index (χ1) is 18.2. The average molecular weight is 552 g/mol. The molecule has 0 fully saturated rings. The summed E-state index contributed by atoms with van der Waals surface area (Å²) in [6.07, 6.45) is -0.759. The highest BCUT2D eigenvalue weighted by Crippen LogP contribution is 2.32. The number of phenolic OH excluding ortho intramolecular Hbond substituents is 1. The molecular formula is C30H37N3O5S. The van der Waals surface area contributed by atoms with Crippen LogP contribution < -0.4 is 10.6 Å². The number of hydrogen-bond acceptors (Lipinski definition) is 6. The molecule has 0 bridgehead atoms. The van der Waals surface area contributed by atoms with Gasteiger partial charge in [0.2, 0.25) is 5.91 Å². The number of fused-ring (bicyclic) bond motifs is 1. The molecule has 3 rings (SSSR count). The van der Waals surface area contributed by atoms with Crippen LogP contribution in [0.2, 0.25) is 0 Å². The van der Waals surface area contributed by atoms with E-state index < -0.39 is 41.1 Å². The molecule has 0 saturated carbocycles. The van der Waals surface area contributed by atoms with Gasteiger partial charge in [0.25, 0.3) is 5.91 Å². The van der Waals surface area contributed by atoms with Crippen molar-refractivity contribution >= 4 is 47.0 Å². The van der Waals surface area contributed by atoms with Gasteiger partial charge in [-0.2, -0.15) is 12.6 Å². The molecule has 0 saturated heterocycles. The van der Waals surface area contributed by atoms with Gasteiger partial charge in [0.15, 0.2) is 0 Å². The summed E-state index contributed by atoms with van der Waals surface area (Å²) in [4.78, 5) is 41.9. The van der Waals surface area contributed by atoms with Crippen LogP contribution in [0.4, 0.5) is 10.5 Å². The van der Waals surface area contributed by atoms with Gasteiger partial charge in [-0.15, -0.1) is 0 Å². The van der Waals surface area contributed by atoms with Crippen LogP contribution in [0.15, 0.2) is 66.7 Å². The van der Waals surface area contributed by atoms with E-state index in [2.05, 4.69) is 23.3 Å². The van der Waals surface area contributed by atoms with E-state index in [0.717, 1.165) is 10.8 Å². The molecule has 0 aliphatic heterocycles. The molecular weight excluding hydrogens is 514 g/mol. The van der Waals surface area contributed by atoms with Crippen molar-refractivity contribution in [3.63, 3.8) is 0 Å². The molecule has 0 aromatic heterocycles. The Morgan fingerprint density at radius 2 is 1.54 bits per heavy atom. The number of aromatic hydroxyl groups is 1. The molecule has 2 atom stereocenters. The van der Waals surface area contributed by atoms with E-state index in [1.807, 2.05) is 57.2 Å². The van der Waals surface area contributed by atoms with E-state index >= 15 is 0 Å². The molecule has 0 spiro atoms. The number of benzene rings is 3. The van der Waals surface area contributed by atoms with Crippen molar-refractivity contribution < 1.29 is 24.2 Å². The van der Waals surface area contributed by atoms with E-state index in [0.29, 0.717) is 11.3 Å². The van der Waals surface area contributed by atoms with E-state index in [9.17, 15) is 19.5 Å². The normalized spacial score (nSPS) is 13.3. The number of nitrogens with zero attached hydrogens (tertiary/aromatic N) is 1. The Morgan fingerprint density at radius 3 is 2.10 bits per heavy atom. The number of anilines is 1. The molecule has 3 amide bonds. The summed E-state index contributed by atoms with van der Waals surface area (Å²) in [6, 6.07) is 17.4. The van der Waals surface area contributed by atoms with Gasteiger partial charge in [-0.3, -0.25) is 9.59 Å². The highest BCUT2D eigenvalue weighted by molar-refractivity contribution is 7.80. The van der Waals surface area contributed by atoms with Crippen molar-refractivity contribution in [1.29, 1.82) is 0 Å². The third kappa shape index (κ3) is 7.89. The van der Waals surface area contributed by atoms with Crippen molar-refractivity contribution in [3.8, 4) is 5.75 Å². The van der Waals surface area contributed by atoms with Gasteiger partial charge in [0.1, 0.15) is 23.4 Å². The Kier molecular flexibility index (Phi) is 9.17. The maximum atomic E-state index is 14.0. The summed E-state index contributed by atoms with van der Waals surface area (Å²) in [5.41, 5.74) is -0.547. The number of hydrogen-bond donors (Lipinski definition) is 4. The second-order valence-electron chi connectivity index (χ2n) is 11.3. The lowest BCUT2D eigenvalue weighted by atomic mass is 9.95. The zero-order chi connectivity index (χ0) is 29.0. The fraction of sp³-hybridized carbons (Fsp3) is 0.367. The van der Waals surface area contributed by atoms with Crippen LogP contribution in [0.3, 0.4) is 0 Å². The van der Waals surface area contributed by atoms with Crippen LogP contribution in [0.1, 0.15) is 53.1 Å². The van der Waals surface area contributed by atoms with E-state index in [1.165, 1.54) is 17.0 Å². The Hall–Kier alpha value is -3.72. The van der Waals surface area contributed by atoms with Crippen LogP contribution in [-0.2, 0) is 14.3 Å². The number of carbonyl (C=O) groups is 3. The summed E-state index contributed by atoms with van der Waals surface area (Å²) in [7, 11) is 0. The van der Waals surface area contributed by atoms with Gasteiger partial charge in [0, 0.05) is 17.0 Å². The number of nitrogens with one attached hydrogen (secondary N) is 2. The summed E-state index contributed by atoms with van der Waals surface area (Å²) in [5.74, 6) is -0.940. The summed E-state index contributed by atoms with van der Waals surface area (Å²) < 4.78 is 5.34. The monoisotopic (exact) mass is 551 g/mol. The number of amides is 3. The largest absolute Gasteiger partial charge is 0.508 e. The van der Waals surface area contributed by atoms with Gasteiger partial charge in [0.05, 0.1) is 0 Å². The standard InChI is InChI=1S/C30H37N3O5S/c1-29(2,3)33(27(36)24(18-39)32-28(37)38-30(4,5)6)25(20-12-15-23(34)16-13-20)26(35)31-22-14-11-19-9-7-8-10-21(19)17-22/h7-17,24-25,34,39H,18H2,1-6H3,(H,31,35)(H,32,37). The number of ether oxygens (including phenoxy) is 1. The van der Waals surface area contributed by atoms with Crippen molar-refractivity contribution in [2.75, 3.05) is 11.1 Å². The van der Waals surface area contributed by atoms with E-state index in [-0.39, 0.29) is 11.5 Å². The summed E-state index contributed by atoms with van der Waals surface area (Å²) >= 11 is 4.32. The molecule has 0 aliphatic carbocycles. The number of phenols is 1. The van der Waals surface area contributed by atoms with Crippen LogP contribution in [0.5, 0.6) is 5.75 Å². The minimum atomic E-state index is -1.09. The smallest absolute Gasteiger partial charge is 0.408 e. The number of alkyl carbamates (subject to hydrolysis) is 1. The quantitative estimate of drug-likeness (QED) is 0.283. The predicted octanol–water partition coefficient (Wildman–Crippen LogP) is 5.68. The van der Waals surface area contributed by atoms with Crippen LogP contribution in [-0.4, -0.2) is 50.8 Å². The molecule has 0 heterocycles. The molecule has 3 N–H and O–H groups in total. The fourth-order valence-electron chi connectivity index (χ4n) is 4.20. The average Bonchev–Trinajstić information content (AvgIpc) is 2.84. The molecule has 2 unspecified atom stereocenters. The Bertz CT molecular complexity index is 1330. The van der Waals surface area contributed by atoms with Gasteiger partial charge in [-0.25, -0.2) is 4.79 Å². The fourth-order valence-corrected chi connectivity index (χ4v) is 4.45. The lowest BCUT2D eigenvalue weighted by Crippen LogP contribution is -2.58. The summed E-state index contributed by atoms with van der Waals surface area (Å²) in [6.45, 7) is 10.6. The van der Waals surface area contributed by atoms with E-state index in [1.54, 1.807) is 39.0 Å². The molecule has 208 valence electrons. The first-order valence-corrected chi connectivity index (χ1v) is 13.3. The van der Waals surface area contributed by atoms with Crippen molar-refractivity contribution in [2.24, 2.45) is 0 Å². The molecule has 0 aliphatic rings. The van der Waals surface area contributed by atoms with Crippen LogP contribution in [0.25, 0.3) is 10.8 Å². The summed E-state index contributed by atoms with van der Waals surface area (Å²) in [5, 5.41) is 17.4. The lowest BCUT2D eigenvalue weighted by molar-refractivity contribution is -0.146. The van der Waals surface area contributed by atoms with Crippen LogP contribution in [0, 0.1) is 0 Å². The SMILES string of the molecule is CC(C)(C)OC(=O)NC(CS)C(=O)N(C(C(=O)Nc1ccc2ccccc2c1)c1ccc(O)cc1)C(C)(C)C. The van der Waals surface area contributed by atoms with Gasteiger partial charge in [-0.1, -0.05) is 42.5 Å². The Balaban J connectivity index is 2.02.